The summed E-state index contributed by atoms with van der Waals surface area (Å²) in [5, 5.41) is 3.52. The minimum Gasteiger partial charge on any atom is -0.383 e. The molecule has 10 heteroatoms. The predicted molar refractivity (Wildman–Crippen MR) is 83.6 cm³/mol. The van der Waals surface area contributed by atoms with E-state index in [1.807, 2.05) is 0 Å². The van der Waals surface area contributed by atoms with E-state index in [0.29, 0.717) is 23.2 Å². The number of nitrogens with one attached hydrogen (secondary N) is 1. The van der Waals surface area contributed by atoms with Gasteiger partial charge in [0.15, 0.2) is 5.13 Å². The predicted octanol–water partition coefficient (Wildman–Crippen LogP) is -0.0998. The lowest BCUT2D eigenvalue weighted by molar-refractivity contribution is 0.0809. The number of nitrogens with zero attached hydrogens (tertiary/aromatic N) is 2. The van der Waals surface area contributed by atoms with E-state index in [1.54, 1.807) is 7.11 Å². The maximum atomic E-state index is 12.2. The first kappa shape index (κ1) is 17.7. The fourth-order valence-corrected chi connectivity index (χ4v) is 2.91. The van der Waals surface area contributed by atoms with Gasteiger partial charge in [0, 0.05) is 33.5 Å². The van der Waals surface area contributed by atoms with Crippen molar-refractivity contribution in [1.29, 1.82) is 0 Å². The third-order valence-electron chi connectivity index (χ3n) is 2.57. The van der Waals surface area contributed by atoms with E-state index in [0.717, 1.165) is 17.6 Å². The Balaban J connectivity index is 2.69. The monoisotopic (exact) mass is 336 g/mol. The number of amides is 1. The lowest BCUT2D eigenvalue weighted by atomic mass is 10.4. The summed E-state index contributed by atoms with van der Waals surface area (Å²) in [6.07, 6.45) is 1.13. The van der Waals surface area contributed by atoms with Gasteiger partial charge < -0.3 is 20.7 Å². The number of nitrogens with two attached hydrogens (primary N) is 1. The molecule has 0 saturated heterocycles. The molecule has 0 saturated carbocycles. The largest absolute Gasteiger partial charge is 0.383 e. The second-order valence-electron chi connectivity index (χ2n) is 4.51. The number of ether oxygens (including phenoxy) is 1. The van der Waals surface area contributed by atoms with Crippen molar-refractivity contribution in [3.8, 4) is 0 Å². The van der Waals surface area contributed by atoms with Crippen molar-refractivity contribution in [3.05, 3.63) is 4.88 Å². The Morgan fingerprint density at radius 2 is 2.19 bits per heavy atom. The molecule has 1 rings (SSSR count). The molecule has 0 fully saturated rings. The van der Waals surface area contributed by atoms with Gasteiger partial charge in [0.25, 0.3) is 5.91 Å². The van der Waals surface area contributed by atoms with Crippen molar-refractivity contribution in [1.82, 2.24) is 9.88 Å². The highest BCUT2D eigenvalue weighted by Crippen LogP contribution is 2.25. The van der Waals surface area contributed by atoms with Gasteiger partial charge in [-0.25, -0.2) is 13.4 Å². The van der Waals surface area contributed by atoms with Crippen LogP contribution in [0.15, 0.2) is 0 Å². The number of carbonyl (C=O) groups is 1. The maximum absolute atomic E-state index is 12.2. The number of carbonyl (C=O) groups excluding carboxylic acids is 1. The number of rotatable bonds is 8. The van der Waals surface area contributed by atoms with Crippen molar-refractivity contribution in [2.45, 2.75) is 0 Å². The van der Waals surface area contributed by atoms with E-state index in [-0.39, 0.29) is 24.0 Å². The van der Waals surface area contributed by atoms with E-state index in [9.17, 15) is 13.2 Å². The highest BCUT2D eigenvalue weighted by atomic mass is 32.2. The Labute approximate surface area is 128 Å². The minimum absolute atomic E-state index is 0.0904. The van der Waals surface area contributed by atoms with Crippen LogP contribution in [-0.4, -0.2) is 70.1 Å². The van der Waals surface area contributed by atoms with E-state index in [4.69, 9.17) is 10.5 Å². The quantitative estimate of drug-likeness (QED) is 0.637. The highest BCUT2D eigenvalue weighted by molar-refractivity contribution is 7.90. The van der Waals surface area contributed by atoms with Crippen molar-refractivity contribution < 1.29 is 17.9 Å². The number of hydrogen-bond donors (Lipinski definition) is 2. The topological polar surface area (TPSA) is 115 Å². The van der Waals surface area contributed by atoms with Gasteiger partial charge in [-0.1, -0.05) is 11.3 Å². The molecule has 0 atom stereocenters. The van der Waals surface area contributed by atoms with Crippen LogP contribution in [0.4, 0.5) is 10.9 Å². The van der Waals surface area contributed by atoms with Crippen molar-refractivity contribution in [3.63, 3.8) is 0 Å². The van der Waals surface area contributed by atoms with Crippen LogP contribution in [0.2, 0.25) is 0 Å². The summed E-state index contributed by atoms with van der Waals surface area (Å²) in [7, 11) is 0.000980. The number of thiazole rings is 1. The first-order valence-corrected chi connectivity index (χ1v) is 9.04. The standard InChI is InChI=1S/C11H20N4O4S2/c1-15(5-7-21(3,17)18)10(16)8-9(12)14-11(20-8)13-4-6-19-2/h4-7,12H2,1-3H3,(H,13,14). The summed E-state index contributed by atoms with van der Waals surface area (Å²) in [6, 6.07) is 0. The van der Waals surface area contributed by atoms with Gasteiger partial charge in [0.2, 0.25) is 0 Å². The summed E-state index contributed by atoms with van der Waals surface area (Å²) >= 11 is 1.14. The zero-order valence-corrected chi connectivity index (χ0v) is 13.9. The molecule has 1 aromatic rings. The molecule has 1 heterocycles. The molecule has 0 spiro atoms. The van der Waals surface area contributed by atoms with Crippen LogP contribution in [0, 0.1) is 0 Å². The first-order chi connectivity index (χ1) is 9.74. The zero-order chi connectivity index (χ0) is 16.0. The van der Waals surface area contributed by atoms with Crippen LogP contribution in [0.25, 0.3) is 0 Å². The molecule has 8 nitrogen and oxygen atoms in total. The van der Waals surface area contributed by atoms with Crippen LogP contribution < -0.4 is 11.1 Å². The minimum atomic E-state index is -3.12. The normalized spacial score (nSPS) is 11.4. The molecule has 0 unspecified atom stereocenters. The molecule has 120 valence electrons. The third-order valence-corrected chi connectivity index (χ3v) is 4.52. The van der Waals surface area contributed by atoms with Gasteiger partial charge in [-0.05, 0) is 0 Å². The Morgan fingerprint density at radius 1 is 1.52 bits per heavy atom. The van der Waals surface area contributed by atoms with Crippen LogP contribution in [0.3, 0.4) is 0 Å². The Hall–Kier alpha value is -1.39. The maximum Gasteiger partial charge on any atom is 0.267 e. The molecule has 1 amide bonds. The molecule has 0 bridgehead atoms. The second kappa shape index (κ2) is 7.57. The SMILES string of the molecule is COCCNc1nc(N)c(C(=O)N(C)CCS(C)(=O)=O)s1. The average Bonchev–Trinajstić information content (AvgIpc) is 2.76. The Bertz CT molecular complexity index is 585. The van der Waals surface area contributed by atoms with Gasteiger partial charge in [0.1, 0.15) is 20.5 Å². The Kier molecular flexibility index (Phi) is 6.37. The molecule has 0 aromatic carbocycles. The summed E-state index contributed by atoms with van der Waals surface area (Å²) in [5.41, 5.74) is 5.73. The van der Waals surface area contributed by atoms with Crippen molar-refractivity contribution in [2.75, 3.05) is 56.9 Å². The van der Waals surface area contributed by atoms with Gasteiger partial charge in [-0.3, -0.25) is 4.79 Å². The van der Waals surface area contributed by atoms with Crippen LogP contribution in [0.5, 0.6) is 0 Å². The zero-order valence-electron chi connectivity index (χ0n) is 12.2. The summed E-state index contributed by atoms with van der Waals surface area (Å²) in [5.74, 6) is -0.294. The molecule has 0 aliphatic heterocycles. The van der Waals surface area contributed by atoms with E-state index < -0.39 is 9.84 Å². The van der Waals surface area contributed by atoms with Crippen LogP contribution in [0.1, 0.15) is 9.67 Å². The summed E-state index contributed by atoms with van der Waals surface area (Å²) < 4.78 is 27.1. The molecule has 0 aliphatic carbocycles. The average molecular weight is 336 g/mol. The molecule has 3 N–H and O–H groups in total. The summed E-state index contributed by atoms with van der Waals surface area (Å²) in [6.45, 7) is 1.18. The highest BCUT2D eigenvalue weighted by Gasteiger charge is 2.20. The number of sulfone groups is 1. The lowest BCUT2D eigenvalue weighted by Crippen LogP contribution is -2.31. The number of anilines is 2. The number of hydrogen-bond acceptors (Lipinski definition) is 8. The summed E-state index contributed by atoms with van der Waals surface area (Å²) in [4.78, 5) is 17.9. The fourth-order valence-electron chi connectivity index (χ4n) is 1.40. The molecular weight excluding hydrogens is 316 g/mol. The first-order valence-electron chi connectivity index (χ1n) is 6.17. The van der Waals surface area contributed by atoms with Crippen LogP contribution in [-0.2, 0) is 14.6 Å². The second-order valence-corrected chi connectivity index (χ2v) is 7.77. The molecular formula is C11H20N4O4S2. The molecule has 0 radical (unpaired) electrons. The smallest absolute Gasteiger partial charge is 0.267 e. The third kappa shape index (κ3) is 5.86. The molecule has 1 aromatic heterocycles. The van der Waals surface area contributed by atoms with E-state index in [2.05, 4.69) is 10.3 Å². The fraction of sp³-hybridized carbons (Fsp3) is 0.636. The van der Waals surface area contributed by atoms with Gasteiger partial charge in [0.05, 0.1) is 12.4 Å². The Morgan fingerprint density at radius 3 is 2.76 bits per heavy atom. The van der Waals surface area contributed by atoms with Gasteiger partial charge in [-0.15, -0.1) is 0 Å². The van der Waals surface area contributed by atoms with Crippen molar-refractivity contribution >= 4 is 38.0 Å². The van der Waals surface area contributed by atoms with E-state index >= 15 is 0 Å². The molecule has 21 heavy (non-hydrogen) atoms. The van der Waals surface area contributed by atoms with Gasteiger partial charge >= 0.3 is 0 Å². The number of aromatic nitrogens is 1. The van der Waals surface area contributed by atoms with E-state index in [1.165, 1.54) is 11.9 Å². The van der Waals surface area contributed by atoms with Crippen LogP contribution >= 0.6 is 11.3 Å². The number of nitrogen functional groups attached to an aromatic ring is 1. The van der Waals surface area contributed by atoms with Crippen molar-refractivity contribution in [2.24, 2.45) is 0 Å². The molecule has 0 aliphatic rings. The number of methoxy groups -OCH3 is 1. The lowest BCUT2D eigenvalue weighted by Gasteiger charge is -2.15. The van der Waals surface area contributed by atoms with Gasteiger partial charge in [-0.2, -0.15) is 0 Å².